The number of hydrogen-bond donors (Lipinski definition) is 2. The highest BCUT2D eigenvalue weighted by molar-refractivity contribution is 5.60. The molecule has 0 amide bonds. The Morgan fingerprint density at radius 2 is 1.42 bits per heavy atom. The molecule has 0 bridgehead atoms. The SMILES string of the molecule is Cc1ccc(-c2ccc([C@@H](O)CNCCCN3CCN(C(c4ccccc4)c4ccccc4)CC3)c(C(F)(F)F)n2)cc1. The maximum absolute atomic E-state index is 13.9. The molecular weight excluding hydrogens is 549 g/mol. The average Bonchev–Trinajstić information content (AvgIpc) is 3.02. The summed E-state index contributed by atoms with van der Waals surface area (Å²) in [7, 11) is 0. The lowest BCUT2D eigenvalue weighted by atomic mass is 9.96. The van der Waals surface area contributed by atoms with E-state index in [0.29, 0.717) is 12.1 Å². The van der Waals surface area contributed by atoms with Gasteiger partial charge in [-0.1, -0.05) is 96.6 Å². The van der Waals surface area contributed by atoms with Crippen LogP contribution in [-0.4, -0.2) is 65.7 Å². The summed E-state index contributed by atoms with van der Waals surface area (Å²) in [6.45, 7) is 7.23. The quantitative estimate of drug-likeness (QED) is 0.196. The lowest BCUT2D eigenvalue weighted by Crippen LogP contribution is -2.48. The normalized spacial score (nSPS) is 15.6. The Hall–Kier alpha value is -3.56. The Labute approximate surface area is 252 Å². The van der Waals surface area contributed by atoms with Crippen LogP contribution in [0.3, 0.4) is 0 Å². The van der Waals surface area contributed by atoms with Crippen molar-refractivity contribution in [2.75, 3.05) is 45.8 Å². The van der Waals surface area contributed by atoms with Gasteiger partial charge in [0.15, 0.2) is 5.69 Å². The minimum Gasteiger partial charge on any atom is -0.387 e. The van der Waals surface area contributed by atoms with E-state index in [1.165, 1.54) is 23.3 Å². The zero-order valence-corrected chi connectivity index (χ0v) is 24.5. The summed E-state index contributed by atoms with van der Waals surface area (Å²) >= 11 is 0. The lowest BCUT2D eigenvalue weighted by Gasteiger charge is -2.40. The van der Waals surface area contributed by atoms with Crippen molar-refractivity contribution in [2.24, 2.45) is 0 Å². The van der Waals surface area contributed by atoms with Gasteiger partial charge >= 0.3 is 6.18 Å². The van der Waals surface area contributed by atoms with Gasteiger partial charge < -0.3 is 15.3 Å². The van der Waals surface area contributed by atoms with Crippen molar-refractivity contribution in [1.82, 2.24) is 20.1 Å². The van der Waals surface area contributed by atoms with Crippen molar-refractivity contribution < 1.29 is 18.3 Å². The van der Waals surface area contributed by atoms with Crippen LogP contribution >= 0.6 is 0 Å². The molecule has 43 heavy (non-hydrogen) atoms. The van der Waals surface area contributed by atoms with E-state index in [4.69, 9.17) is 0 Å². The fourth-order valence-electron chi connectivity index (χ4n) is 5.76. The third-order valence-corrected chi connectivity index (χ3v) is 8.07. The Bertz CT molecular complexity index is 1380. The van der Waals surface area contributed by atoms with Crippen LogP contribution in [0.15, 0.2) is 97.1 Å². The van der Waals surface area contributed by atoms with Gasteiger partial charge in [-0.25, -0.2) is 4.98 Å². The van der Waals surface area contributed by atoms with Crippen LogP contribution < -0.4 is 5.32 Å². The number of aliphatic hydroxyl groups is 1. The molecule has 1 aliphatic rings. The molecule has 4 aromatic rings. The fraction of sp³-hybridized carbons (Fsp3) is 0.343. The van der Waals surface area contributed by atoms with Crippen molar-refractivity contribution >= 4 is 0 Å². The van der Waals surface area contributed by atoms with Crippen LogP contribution in [0.4, 0.5) is 13.2 Å². The van der Waals surface area contributed by atoms with Gasteiger partial charge in [0.05, 0.1) is 17.8 Å². The van der Waals surface area contributed by atoms with Crippen LogP contribution in [-0.2, 0) is 6.18 Å². The van der Waals surface area contributed by atoms with Crippen molar-refractivity contribution in [3.05, 3.63) is 125 Å². The minimum atomic E-state index is -4.67. The number of aliphatic hydroxyl groups excluding tert-OH is 1. The largest absolute Gasteiger partial charge is 0.433 e. The van der Waals surface area contributed by atoms with E-state index in [2.05, 4.69) is 68.6 Å². The number of hydrogen-bond acceptors (Lipinski definition) is 5. The first-order valence-corrected chi connectivity index (χ1v) is 14.9. The number of aromatic nitrogens is 1. The van der Waals surface area contributed by atoms with E-state index in [1.807, 2.05) is 31.2 Å². The second kappa shape index (κ2) is 14.3. The van der Waals surface area contributed by atoms with Gasteiger partial charge in [-0.15, -0.1) is 0 Å². The molecule has 8 heteroatoms. The highest BCUT2D eigenvalue weighted by Crippen LogP contribution is 2.35. The zero-order chi connectivity index (χ0) is 30.2. The van der Waals surface area contributed by atoms with Crippen molar-refractivity contribution in [1.29, 1.82) is 0 Å². The predicted molar refractivity (Wildman–Crippen MR) is 165 cm³/mol. The highest BCUT2D eigenvalue weighted by Gasteiger charge is 2.37. The maximum Gasteiger partial charge on any atom is 0.433 e. The molecule has 226 valence electrons. The molecule has 0 spiro atoms. The molecule has 0 unspecified atom stereocenters. The second-order valence-electron chi connectivity index (χ2n) is 11.2. The summed E-state index contributed by atoms with van der Waals surface area (Å²) in [5, 5.41) is 13.8. The number of aryl methyl sites for hydroxylation is 1. The molecule has 0 aliphatic carbocycles. The number of nitrogens with zero attached hydrogens (tertiary/aromatic N) is 3. The number of nitrogens with one attached hydrogen (secondary N) is 1. The van der Waals surface area contributed by atoms with Gasteiger partial charge in [0.25, 0.3) is 0 Å². The predicted octanol–water partition coefficient (Wildman–Crippen LogP) is 6.50. The van der Waals surface area contributed by atoms with Gasteiger partial charge in [0.1, 0.15) is 0 Å². The standard InChI is InChI=1S/C35H39F3N4O/c1-26-13-15-27(16-14-26)31-18-17-30(34(40-31)35(36,37)38)32(43)25-39-19-8-20-41-21-23-42(24-22-41)33(28-9-4-2-5-10-28)29-11-6-3-7-12-29/h2-7,9-18,32-33,39,43H,8,19-25H2,1H3/t32-/m0/s1. The monoisotopic (exact) mass is 588 g/mol. The van der Waals surface area contributed by atoms with Gasteiger partial charge in [-0.2, -0.15) is 13.2 Å². The zero-order valence-electron chi connectivity index (χ0n) is 24.5. The molecule has 2 heterocycles. The summed E-state index contributed by atoms with van der Waals surface area (Å²) in [5.41, 5.74) is 3.18. The van der Waals surface area contributed by atoms with Gasteiger partial charge in [0.2, 0.25) is 0 Å². The van der Waals surface area contributed by atoms with Gasteiger partial charge in [0, 0.05) is 43.9 Å². The molecular formula is C35H39F3N4O. The number of rotatable bonds is 11. The van der Waals surface area contributed by atoms with Crippen LogP contribution in [0.1, 0.15) is 46.5 Å². The number of pyridine rings is 1. The van der Waals surface area contributed by atoms with E-state index >= 15 is 0 Å². The Kier molecular flexibility index (Phi) is 10.3. The van der Waals surface area contributed by atoms with Gasteiger partial charge in [-0.3, -0.25) is 4.90 Å². The van der Waals surface area contributed by atoms with E-state index in [0.717, 1.165) is 44.7 Å². The number of halogens is 3. The number of alkyl halides is 3. The van der Waals surface area contributed by atoms with Crippen molar-refractivity contribution in [3.63, 3.8) is 0 Å². The summed E-state index contributed by atoms with van der Waals surface area (Å²) in [6.07, 6.45) is -5.14. The Balaban J connectivity index is 1.10. The van der Waals surface area contributed by atoms with Gasteiger partial charge in [-0.05, 0) is 43.6 Å². The third kappa shape index (κ3) is 8.09. The fourth-order valence-corrected chi connectivity index (χ4v) is 5.76. The molecule has 5 rings (SSSR count). The molecule has 1 saturated heterocycles. The molecule has 1 fully saturated rings. The van der Waals surface area contributed by atoms with E-state index < -0.39 is 18.0 Å². The molecule has 1 aromatic heterocycles. The summed E-state index contributed by atoms with van der Waals surface area (Å²) in [6, 6.07) is 31.5. The topological polar surface area (TPSA) is 51.6 Å². The minimum absolute atomic E-state index is 0.0260. The molecule has 0 radical (unpaired) electrons. The smallest absolute Gasteiger partial charge is 0.387 e. The number of benzene rings is 3. The molecule has 1 aliphatic heterocycles. The van der Waals surface area contributed by atoms with Crippen LogP contribution in [0, 0.1) is 6.92 Å². The third-order valence-electron chi connectivity index (χ3n) is 8.07. The summed E-state index contributed by atoms with van der Waals surface area (Å²) in [5.74, 6) is 0. The van der Waals surface area contributed by atoms with Crippen LogP contribution in [0.5, 0.6) is 0 Å². The molecule has 2 N–H and O–H groups in total. The van der Waals surface area contributed by atoms with Crippen molar-refractivity contribution in [3.8, 4) is 11.3 Å². The molecule has 1 atom stereocenters. The van der Waals surface area contributed by atoms with E-state index in [1.54, 1.807) is 12.1 Å². The van der Waals surface area contributed by atoms with Crippen molar-refractivity contribution in [2.45, 2.75) is 31.7 Å². The first kappa shape index (κ1) is 30.9. The second-order valence-corrected chi connectivity index (χ2v) is 11.2. The Morgan fingerprint density at radius 3 is 2.00 bits per heavy atom. The average molecular weight is 589 g/mol. The molecule has 5 nitrogen and oxygen atoms in total. The van der Waals surface area contributed by atoms with E-state index in [9.17, 15) is 18.3 Å². The summed E-state index contributed by atoms with van der Waals surface area (Å²) in [4.78, 5) is 8.87. The maximum atomic E-state index is 13.9. The first-order chi connectivity index (χ1) is 20.8. The Morgan fingerprint density at radius 1 is 0.814 bits per heavy atom. The lowest BCUT2D eigenvalue weighted by molar-refractivity contribution is -0.142. The first-order valence-electron chi connectivity index (χ1n) is 14.9. The molecule has 3 aromatic carbocycles. The van der Waals surface area contributed by atoms with Crippen LogP contribution in [0.2, 0.25) is 0 Å². The number of piperazine rings is 1. The van der Waals surface area contributed by atoms with Crippen LogP contribution in [0.25, 0.3) is 11.3 Å². The summed E-state index contributed by atoms with van der Waals surface area (Å²) < 4.78 is 41.7. The molecule has 0 saturated carbocycles. The highest BCUT2D eigenvalue weighted by atomic mass is 19.4. The van der Waals surface area contributed by atoms with E-state index in [-0.39, 0.29) is 23.8 Å².